The van der Waals surface area contributed by atoms with Crippen molar-refractivity contribution in [1.29, 1.82) is 0 Å². The number of hydrogen-bond acceptors (Lipinski definition) is 3. The maximum Gasteiger partial charge on any atom is 0.242 e. The van der Waals surface area contributed by atoms with Gasteiger partial charge in [0.1, 0.15) is 6.04 Å². The quantitative estimate of drug-likeness (QED) is 0.488. The van der Waals surface area contributed by atoms with Crippen molar-refractivity contribution in [3.63, 3.8) is 0 Å². The van der Waals surface area contributed by atoms with Gasteiger partial charge in [-0.1, -0.05) is 0 Å². The lowest BCUT2D eigenvalue weighted by molar-refractivity contribution is -0.127. The summed E-state index contributed by atoms with van der Waals surface area (Å²) >= 11 is 0. The van der Waals surface area contributed by atoms with Crippen molar-refractivity contribution in [2.45, 2.75) is 19.4 Å². The Bertz CT molecular complexity index is 170. The summed E-state index contributed by atoms with van der Waals surface area (Å²) in [4.78, 5) is 21.7. The summed E-state index contributed by atoms with van der Waals surface area (Å²) in [7, 11) is 1.52. The van der Waals surface area contributed by atoms with E-state index in [1.807, 2.05) is 0 Å². The summed E-state index contributed by atoms with van der Waals surface area (Å²) in [6.45, 7) is 1.74. The van der Waals surface area contributed by atoms with E-state index in [2.05, 4.69) is 10.6 Å². The van der Waals surface area contributed by atoms with Crippen molar-refractivity contribution in [3.05, 3.63) is 0 Å². The molecule has 0 fully saturated rings. The number of likely N-dealkylation sites (N-methyl/N-ethyl adjacent to an activating group) is 1. The minimum absolute atomic E-state index is 0.212. The normalized spacial score (nSPS) is 11.9. The predicted molar refractivity (Wildman–Crippen MR) is 45.3 cm³/mol. The highest BCUT2D eigenvalue weighted by Gasteiger charge is 2.16. The van der Waals surface area contributed by atoms with Crippen molar-refractivity contribution in [2.24, 2.45) is 5.73 Å². The molecular weight excluding hydrogens is 158 g/mol. The standard InChI is InChI=1S/C7H15N3O2/c1-5(11)10-6(3-4-8)7(12)9-2/h6H,3-4,8H2,1-2H3,(H,9,12)(H,10,11)/t6-/m0/s1. The topological polar surface area (TPSA) is 84.2 Å². The van der Waals surface area contributed by atoms with Crippen LogP contribution >= 0.6 is 0 Å². The van der Waals surface area contributed by atoms with E-state index in [4.69, 9.17) is 5.73 Å². The van der Waals surface area contributed by atoms with Crippen molar-refractivity contribution < 1.29 is 9.59 Å². The molecule has 5 nitrogen and oxygen atoms in total. The summed E-state index contributed by atoms with van der Waals surface area (Å²) in [5.41, 5.74) is 5.27. The molecule has 0 saturated carbocycles. The predicted octanol–water partition coefficient (Wildman–Crippen LogP) is -1.41. The summed E-state index contributed by atoms with van der Waals surface area (Å²) in [5.74, 6) is -0.437. The van der Waals surface area contributed by atoms with Crippen LogP contribution in [0.5, 0.6) is 0 Å². The first-order valence-electron chi connectivity index (χ1n) is 3.80. The number of nitrogens with one attached hydrogen (secondary N) is 2. The van der Waals surface area contributed by atoms with Gasteiger partial charge in [-0.25, -0.2) is 0 Å². The van der Waals surface area contributed by atoms with Crippen LogP contribution in [0.3, 0.4) is 0 Å². The number of carbonyl (C=O) groups is 2. The SMILES string of the molecule is CNC(=O)[C@H](CCN)NC(C)=O. The zero-order valence-corrected chi connectivity index (χ0v) is 7.39. The molecule has 5 heteroatoms. The van der Waals surface area contributed by atoms with Crippen LogP contribution in [0.25, 0.3) is 0 Å². The Morgan fingerprint density at radius 1 is 1.50 bits per heavy atom. The molecule has 2 amide bonds. The fourth-order valence-corrected chi connectivity index (χ4v) is 0.855. The number of nitrogens with two attached hydrogens (primary N) is 1. The lowest BCUT2D eigenvalue weighted by Gasteiger charge is -2.14. The molecule has 0 heterocycles. The summed E-state index contributed by atoms with van der Waals surface area (Å²) < 4.78 is 0. The van der Waals surface area contributed by atoms with E-state index in [0.29, 0.717) is 13.0 Å². The van der Waals surface area contributed by atoms with Gasteiger partial charge in [-0.05, 0) is 13.0 Å². The lowest BCUT2D eigenvalue weighted by Crippen LogP contribution is -2.45. The summed E-state index contributed by atoms with van der Waals surface area (Å²) in [6.07, 6.45) is 0.458. The molecule has 0 aromatic rings. The van der Waals surface area contributed by atoms with Crippen LogP contribution in [-0.2, 0) is 9.59 Å². The molecule has 0 rings (SSSR count). The van der Waals surface area contributed by atoms with Gasteiger partial charge in [0, 0.05) is 14.0 Å². The van der Waals surface area contributed by atoms with Crippen LogP contribution in [0, 0.1) is 0 Å². The van der Waals surface area contributed by atoms with E-state index >= 15 is 0 Å². The maximum absolute atomic E-state index is 11.1. The molecule has 4 N–H and O–H groups in total. The highest BCUT2D eigenvalue weighted by molar-refractivity contribution is 5.86. The second kappa shape index (κ2) is 5.54. The van der Waals surface area contributed by atoms with Crippen LogP contribution < -0.4 is 16.4 Å². The zero-order valence-electron chi connectivity index (χ0n) is 7.39. The molecule has 0 aromatic carbocycles. The molecule has 0 spiro atoms. The van der Waals surface area contributed by atoms with Gasteiger partial charge in [-0.15, -0.1) is 0 Å². The van der Waals surface area contributed by atoms with Gasteiger partial charge >= 0.3 is 0 Å². The van der Waals surface area contributed by atoms with Crippen LogP contribution in [-0.4, -0.2) is 31.4 Å². The molecule has 0 aliphatic heterocycles. The fraction of sp³-hybridized carbons (Fsp3) is 0.714. The van der Waals surface area contributed by atoms with E-state index in [1.165, 1.54) is 14.0 Å². The molecule has 1 atom stereocenters. The van der Waals surface area contributed by atoms with E-state index < -0.39 is 6.04 Å². The van der Waals surface area contributed by atoms with Gasteiger partial charge in [0.2, 0.25) is 11.8 Å². The molecule has 0 bridgehead atoms. The largest absolute Gasteiger partial charge is 0.357 e. The molecule has 0 radical (unpaired) electrons. The Morgan fingerprint density at radius 2 is 2.08 bits per heavy atom. The van der Waals surface area contributed by atoms with Gasteiger partial charge in [0.25, 0.3) is 0 Å². The monoisotopic (exact) mass is 173 g/mol. The Labute approximate surface area is 71.7 Å². The minimum Gasteiger partial charge on any atom is -0.357 e. The summed E-state index contributed by atoms with van der Waals surface area (Å²) in [6, 6.07) is -0.502. The van der Waals surface area contributed by atoms with Crippen molar-refractivity contribution in [3.8, 4) is 0 Å². The molecule has 70 valence electrons. The first-order valence-corrected chi connectivity index (χ1v) is 3.80. The molecule has 0 saturated heterocycles. The minimum atomic E-state index is -0.502. The average molecular weight is 173 g/mol. The highest BCUT2D eigenvalue weighted by Crippen LogP contribution is 1.89. The van der Waals surface area contributed by atoms with Gasteiger partial charge < -0.3 is 16.4 Å². The van der Waals surface area contributed by atoms with Crippen molar-refractivity contribution in [2.75, 3.05) is 13.6 Å². The average Bonchev–Trinajstić information content (AvgIpc) is 2.01. The van der Waals surface area contributed by atoms with Crippen LogP contribution in [0.15, 0.2) is 0 Å². The molecule has 0 aliphatic carbocycles. The molecule has 0 unspecified atom stereocenters. The Balaban J connectivity index is 4.02. The number of rotatable bonds is 4. The van der Waals surface area contributed by atoms with E-state index in [-0.39, 0.29) is 11.8 Å². The van der Waals surface area contributed by atoms with Crippen LogP contribution in [0.4, 0.5) is 0 Å². The van der Waals surface area contributed by atoms with Crippen molar-refractivity contribution >= 4 is 11.8 Å². The number of carbonyl (C=O) groups excluding carboxylic acids is 2. The van der Waals surface area contributed by atoms with Gasteiger partial charge in [-0.2, -0.15) is 0 Å². The fourth-order valence-electron chi connectivity index (χ4n) is 0.855. The molecule has 0 aromatic heterocycles. The second-order valence-corrected chi connectivity index (χ2v) is 2.44. The molecule has 0 aliphatic rings. The van der Waals surface area contributed by atoms with E-state index in [0.717, 1.165) is 0 Å². The lowest BCUT2D eigenvalue weighted by atomic mass is 10.2. The Hall–Kier alpha value is -1.10. The second-order valence-electron chi connectivity index (χ2n) is 2.44. The van der Waals surface area contributed by atoms with Crippen LogP contribution in [0.2, 0.25) is 0 Å². The van der Waals surface area contributed by atoms with E-state index in [9.17, 15) is 9.59 Å². The third-order valence-electron chi connectivity index (χ3n) is 1.40. The molecular formula is C7H15N3O2. The summed E-state index contributed by atoms with van der Waals surface area (Å²) in [5, 5.41) is 4.95. The maximum atomic E-state index is 11.1. The van der Waals surface area contributed by atoms with Crippen LogP contribution in [0.1, 0.15) is 13.3 Å². The highest BCUT2D eigenvalue weighted by atomic mass is 16.2. The van der Waals surface area contributed by atoms with Gasteiger partial charge in [0.05, 0.1) is 0 Å². The Morgan fingerprint density at radius 3 is 2.42 bits per heavy atom. The van der Waals surface area contributed by atoms with Gasteiger partial charge in [0.15, 0.2) is 0 Å². The first kappa shape index (κ1) is 10.9. The zero-order chi connectivity index (χ0) is 9.56. The first-order chi connectivity index (χ1) is 5.61. The number of hydrogen-bond donors (Lipinski definition) is 3. The third-order valence-corrected chi connectivity index (χ3v) is 1.40. The molecule has 12 heavy (non-hydrogen) atoms. The smallest absolute Gasteiger partial charge is 0.242 e. The van der Waals surface area contributed by atoms with Crippen molar-refractivity contribution in [1.82, 2.24) is 10.6 Å². The third kappa shape index (κ3) is 3.92. The number of amides is 2. The van der Waals surface area contributed by atoms with Gasteiger partial charge in [-0.3, -0.25) is 9.59 Å². The van der Waals surface area contributed by atoms with E-state index in [1.54, 1.807) is 0 Å². The Kier molecular flexibility index (Phi) is 5.03.